The molecule has 0 spiro atoms. The summed E-state index contributed by atoms with van der Waals surface area (Å²) in [5, 5.41) is 1.99. The molecule has 1 fully saturated rings. The summed E-state index contributed by atoms with van der Waals surface area (Å²) in [6.07, 6.45) is 0. The highest BCUT2D eigenvalue weighted by molar-refractivity contribution is 5.26. The minimum atomic E-state index is 0.976. The van der Waals surface area contributed by atoms with Crippen LogP contribution in [0.5, 0.6) is 0 Å². The van der Waals surface area contributed by atoms with Crippen molar-refractivity contribution in [1.29, 1.82) is 0 Å². The van der Waals surface area contributed by atoms with E-state index in [1.54, 1.807) is 0 Å². The van der Waals surface area contributed by atoms with Crippen LogP contribution in [0.3, 0.4) is 0 Å². The van der Waals surface area contributed by atoms with Gasteiger partial charge in [0.25, 0.3) is 0 Å². The molecule has 1 aliphatic rings. The molecule has 0 unspecified atom stereocenters. The van der Waals surface area contributed by atoms with Crippen LogP contribution in [-0.2, 0) is 13.1 Å². The summed E-state index contributed by atoms with van der Waals surface area (Å²) in [5.74, 6) is 0. The molecule has 1 aliphatic heterocycles. The first-order valence-electron chi connectivity index (χ1n) is 6.38. The number of nitrogens with two attached hydrogens (primary N) is 1. The molecular formula is C14H23N3. The molecule has 0 aliphatic carbocycles. The van der Waals surface area contributed by atoms with Crippen LogP contribution in [0, 0.1) is 7.05 Å². The van der Waals surface area contributed by atoms with Gasteiger partial charge in [0.05, 0.1) is 6.54 Å². The van der Waals surface area contributed by atoms with Crippen LogP contribution in [0.2, 0.25) is 0 Å². The fourth-order valence-electron chi connectivity index (χ4n) is 2.31. The number of benzene rings is 1. The molecule has 3 heteroatoms. The number of rotatable bonds is 4. The van der Waals surface area contributed by atoms with Crippen LogP contribution in [0.1, 0.15) is 11.1 Å². The van der Waals surface area contributed by atoms with Crippen LogP contribution in [0.25, 0.3) is 0 Å². The average molecular weight is 233 g/mol. The molecule has 1 heterocycles. The molecule has 0 aromatic heterocycles. The Morgan fingerprint density at radius 3 is 2.41 bits per heavy atom. The van der Waals surface area contributed by atoms with Crippen LogP contribution in [-0.4, -0.2) is 43.0 Å². The van der Waals surface area contributed by atoms with E-state index in [1.165, 1.54) is 37.3 Å². The van der Waals surface area contributed by atoms with E-state index < -0.39 is 0 Å². The van der Waals surface area contributed by atoms with E-state index in [1.807, 2.05) is 5.32 Å². The zero-order valence-electron chi connectivity index (χ0n) is 10.7. The third-order valence-electron chi connectivity index (χ3n) is 3.47. The first-order valence-corrected chi connectivity index (χ1v) is 6.38. The van der Waals surface area contributed by atoms with Gasteiger partial charge in [0.2, 0.25) is 0 Å². The number of hydrogen-bond donors (Lipinski definition) is 1. The summed E-state index contributed by atoms with van der Waals surface area (Å²) in [5.41, 5.74) is 2.87. The molecule has 1 aromatic carbocycles. The Kier molecular flexibility index (Phi) is 4.54. The first-order chi connectivity index (χ1) is 8.29. The van der Waals surface area contributed by atoms with Crippen molar-refractivity contribution in [3.05, 3.63) is 42.4 Å². The van der Waals surface area contributed by atoms with Crippen molar-refractivity contribution >= 4 is 0 Å². The maximum Gasteiger partial charge on any atom is 0.0776 e. The summed E-state index contributed by atoms with van der Waals surface area (Å²) in [6.45, 7) is 6.78. The van der Waals surface area contributed by atoms with Gasteiger partial charge in [-0.15, -0.1) is 0 Å². The van der Waals surface area contributed by atoms with Crippen molar-refractivity contribution in [3.63, 3.8) is 0 Å². The predicted octanol–water partition coefficient (Wildman–Crippen LogP) is 0.289. The second kappa shape index (κ2) is 6.15. The van der Waals surface area contributed by atoms with E-state index in [2.05, 4.69) is 48.2 Å². The topological polar surface area (TPSA) is 23.1 Å². The maximum absolute atomic E-state index is 3.83. The van der Waals surface area contributed by atoms with Crippen molar-refractivity contribution in [2.75, 3.05) is 33.2 Å². The van der Waals surface area contributed by atoms with Crippen molar-refractivity contribution < 1.29 is 5.32 Å². The zero-order chi connectivity index (χ0) is 12.1. The van der Waals surface area contributed by atoms with E-state index >= 15 is 0 Å². The molecule has 0 bridgehead atoms. The highest BCUT2D eigenvalue weighted by atomic mass is 15.2. The number of nitrogens with zero attached hydrogens (tertiary/aromatic N) is 2. The minimum absolute atomic E-state index is 0.976. The number of likely N-dealkylation sites (N-methyl/N-ethyl adjacent to an activating group) is 1. The molecule has 0 radical (unpaired) electrons. The van der Waals surface area contributed by atoms with Gasteiger partial charge in [0.1, 0.15) is 0 Å². The third kappa shape index (κ3) is 3.53. The molecular weight excluding hydrogens is 210 g/mol. The predicted molar refractivity (Wildman–Crippen MR) is 70.2 cm³/mol. The quantitative estimate of drug-likeness (QED) is 0.756. The van der Waals surface area contributed by atoms with E-state index in [9.17, 15) is 0 Å². The van der Waals surface area contributed by atoms with Crippen LogP contribution >= 0.6 is 0 Å². The minimum Gasteiger partial charge on any atom is -0.475 e. The smallest absolute Gasteiger partial charge is 0.0776 e. The lowest BCUT2D eigenvalue weighted by atomic mass is 10.1. The Morgan fingerprint density at radius 1 is 1.12 bits per heavy atom. The molecule has 2 N–H and O–H groups in total. The summed E-state index contributed by atoms with van der Waals surface area (Å²) in [4.78, 5) is 4.94. The van der Waals surface area contributed by atoms with E-state index in [0.717, 1.165) is 13.1 Å². The molecule has 0 amide bonds. The van der Waals surface area contributed by atoms with Gasteiger partial charge in [-0.05, 0) is 12.6 Å². The second-order valence-electron chi connectivity index (χ2n) is 4.84. The molecule has 94 valence electrons. The molecule has 1 saturated heterocycles. The lowest BCUT2D eigenvalue weighted by Gasteiger charge is -2.32. The normalized spacial score (nSPS) is 18.5. The largest absolute Gasteiger partial charge is 0.475 e. The average Bonchev–Trinajstić information content (AvgIpc) is 2.35. The Hall–Kier alpha value is -0.900. The molecule has 3 nitrogen and oxygen atoms in total. The fourth-order valence-corrected chi connectivity index (χ4v) is 2.31. The molecule has 1 aromatic rings. The molecule has 17 heavy (non-hydrogen) atoms. The van der Waals surface area contributed by atoms with Crippen LogP contribution in [0.4, 0.5) is 0 Å². The summed E-state index contributed by atoms with van der Waals surface area (Å²) < 4.78 is 0. The Balaban J connectivity index is 1.98. The maximum atomic E-state index is 3.83. The standard InChI is InChI=1S/C14H23N3/c1-15-11-13-5-3-4-6-14(13)12-17-9-7-16(2)8-10-17/h3-6H,1,7-12,15H2,2H3. The van der Waals surface area contributed by atoms with Gasteiger partial charge in [-0.2, -0.15) is 7.05 Å². The molecule has 0 atom stereocenters. The lowest BCUT2D eigenvalue weighted by Crippen LogP contribution is -2.75. The van der Waals surface area contributed by atoms with Gasteiger partial charge in [0, 0.05) is 38.3 Å². The third-order valence-corrected chi connectivity index (χ3v) is 3.47. The van der Waals surface area contributed by atoms with E-state index in [-0.39, 0.29) is 0 Å². The van der Waals surface area contributed by atoms with Crippen LogP contribution in [0.15, 0.2) is 24.3 Å². The molecule has 2 rings (SSSR count). The monoisotopic (exact) mass is 233 g/mol. The van der Waals surface area contributed by atoms with Gasteiger partial charge in [0.15, 0.2) is 0 Å². The van der Waals surface area contributed by atoms with Gasteiger partial charge in [-0.1, -0.05) is 24.3 Å². The first kappa shape index (κ1) is 12.6. The van der Waals surface area contributed by atoms with Gasteiger partial charge < -0.3 is 10.2 Å². The van der Waals surface area contributed by atoms with E-state index in [0.29, 0.717) is 0 Å². The van der Waals surface area contributed by atoms with E-state index in [4.69, 9.17) is 0 Å². The second-order valence-corrected chi connectivity index (χ2v) is 4.84. The fraction of sp³-hybridized carbons (Fsp3) is 0.500. The number of hydrogen-bond acceptors (Lipinski definition) is 2. The summed E-state index contributed by atoms with van der Waals surface area (Å²) >= 11 is 0. The number of quaternary nitrogens is 1. The van der Waals surface area contributed by atoms with Crippen molar-refractivity contribution in [2.45, 2.75) is 13.1 Å². The Labute approximate surface area is 104 Å². The Bertz CT molecular complexity index is 343. The van der Waals surface area contributed by atoms with Gasteiger partial charge in [-0.3, -0.25) is 4.90 Å². The summed E-state index contributed by atoms with van der Waals surface area (Å²) in [6, 6.07) is 8.72. The Morgan fingerprint density at radius 2 is 1.76 bits per heavy atom. The zero-order valence-corrected chi connectivity index (χ0v) is 10.7. The summed E-state index contributed by atoms with van der Waals surface area (Å²) in [7, 11) is 6.03. The van der Waals surface area contributed by atoms with Crippen molar-refractivity contribution in [3.8, 4) is 0 Å². The SMILES string of the molecule is [CH2-][NH2+]Cc1ccccc1CN1CCN(C)CC1. The van der Waals surface area contributed by atoms with Crippen molar-refractivity contribution in [2.24, 2.45) is 0 Å². The number of piperazine rings is 1. The van der Waals surface area contributed by atoms with Gasteiger partial charge in [-0.25, -0.2) is 0 Å². The highest BCUT2D eigenvalue weighted by Gasteiger charge is 2.14. The van der Waals surface area contributed by atoms with Crippen LogP contribution < -0.4 is 5.32 Å². The highest BCUT2D eigenvalue weighted by Crippen LogP contribution is 2.12. The molecule has 0 saturated carbocycles. The van der Waals surface area contributed by atoms with Gasteiger partial charge >= 0.3 is 0 Å². The van der Waals surface area contributed by atoms with Crippen molar-refractivity contribution in [1.82, 2.24) is 9.80 Å². The lowest BCUT2D eigenvalue weighted by molar-refractivity contribution is -0.612.